The Kier molecular flexibility index (Phi) is 51.4. The van der Waals surface area contributed by atoms with Crippen molar-refractivity contribution >= 4 is 17.9 Å². The topological polar surface area (TPSA) is 78.9 Å². The number of ether oxygens (including phenoxy) is 3. The molecule has 6 nitrogen and oxygen atoms in total. The van der Waals surface area contributed by atoms with Crippen molar-refractivity contribution in [3.63, 3.8) is 0 Å². The summed E-state index contributed by atoms with van der Waals surface area (Å²) in [4.78, 5) is 38.1. The molecule has 0 rings (SSSR count). The van der Waals surface area contributed by atoms with Crippen molar-refractivity contribution in [2.45, 2.75) is 264 Å². The fourth-order valence-corrected chi connectivity index (χ4v) is 7.49. The van der Waals surface area contributed by atoms with Gasteiger partial charge in [-0.15, -0.1) is 0 Å². The highest BCUT2D eigenvalue weighted by Gasteiger charge is 2.19. The maximum absolute atomic E-state index is 12.8. The van der Waals surface area contributed by atoms with Crippen molar-refractivity contribution < 1.29 is 28.6 Å². The first-order valence-electron chi connectivity index (χ1n) is 27.6. The molecule has 0 N–H and O–H groups in total. The van der Waals surface area contributed by atoms with Gasteiger partial charge in [0.2, 0.25) is 0 Å². The average Bonchev–Trinajstić information content (AvgIpc) is 3.31. The van der Waals surface area contributed by atoms with Crippen LogP contribution in [0.4, 0.5) is 0 Å². The SMILES string of the molecule is CC/C=C\C/C=C\C/C=C\C/C=C\C/C=C\CCCCCC(=O)OC[C@@H](COC(=O)CCCCCCC/C=C\C/C=C\CCCC)OC(=O)CCCCCCCCCCCCCCCCC. The molecule has 0 unspecified atom stereocenters. The minimum atomic E-state index is -0.794. The number of unbranched alkanes of at least 4 members (excludes halogenated alkanes) is 24. The molecule has 0 bridgehead atoms. The Morgan fingerprint density at radius 3 is 0.985 bits per heavy atom. The van der Waals surface area contributed by atoms with E-state index in [0.29, 0.717) is 19.3 Å². The van der Waals surface area contributed by atoms with Gasteiger partial charge in [-0.25, -0.2) is 0 Å². The average molecular weight is 919 g/mol. The number of hydrogen-bond donors (Lipinski definition) is 0. The molecule has 0 aliphatic rings. The quantitative estimate of drug-likeness (QED) is 0.0262. The van der Waals surface area contributed by atoms with E-state index < -0.39 is 6.10 Å². The molecule has 0 aromatic rings. The van der Waals surface area contributed by atoms with E-state index in [1.807, 2.05) is 0 Å². The summed E-state index contributed by atoms with van der Waals surface area (Å²) in [6.07, 6.45) is 69.9. The van der Waals surface area contributed by atoms with Gasteiger partial charge in [0.1, 0.15) is 13.2 Å². The van der Waals surface area contributed by atoms with E-state index in [-0.39, 0.29) is 31.1 Å². The van der Waals surface area contributed by atoms with E-state index in [0.717, 1.165) is 122 Å². The number of hydrogen-bond acceptors (Lipinski definition) is 6. The first-order valence-corrected chi connectivity index (χ1v) is 27.6. The van der Waals surface area contributed by atoms with Gasteiger partial charge < -0.3 is 14.2 Å². The van der Waals surface area contributed by atoms with Crippen LogP contribution < -0.4 is 0 Å². The number of carbonyl (C=O) groups is 3. The molecule has 0 spiro atoms. The number of esters is 3. The maximum Gasteiger partial charge on any atom is 0.306 e. The molecule has 6 heteroatoms. The molecule has 0 aromatic carbocycles. The number of carbonyl (C=O) groups excluding carboxylic acids is 3. The molecule has 0 saturated heterocycles. The van der Waals surface area contributed by atoms with Gasteiger partial charge >= 0.3 is 17.9 Å². The Hall–Kier alpha value is -3.41. The summed E-state index contributed by atoms with van der Waals surface area (Å²) < 4.78 is 16.8. The van der Waals surface area contributed by atoms with Gasteiger partial charge in [0.25, 0.3) is 0 Å². The van der Waals surface area contributed by atoms with E-state index >= 15 is 0 Å². The molecule has 0 fully saturated rings. The summed E-state index contributed by atoms with van der Waals surface area (Å²) in [5.74, 6) is -0.934. The summed E-state index contributed by atoms with van der Waals surface area (Å²) in [5.41, 5.74) is 0. The highest BCUT2D eigenvalue weighted by atomic mass is 16.6. The molecule has 66 heavy (non-hydrogen) atoms. The van der Waals surface area contributed by atoms with Crippen molar-refractivity contribution in [3.05, 3.63) is 85.1 Å². The van der Waals surface area contributed by atoms with Crippen molar-refractivity contribution in [1.29, 1.82) is 0 Å². The van der Waals surface area contributed by atoms with E-state index in [1.165, 1.54) is 96.3 Å². The molecule has 1 atom stereocenters. The van der Waals surface area contributed by atoms with Gasteiger partial charge in [-0.2, -0.15) is 0 Å². The van der Waals surface area contributed by atoms with Gasteiger partial charge in [-0.3, -0.25) is 14.4 Å². The molecule has 0 amide bonds. The molecular formula is C60H102O6. The van der Waals surface area contributed by atoms with Crippen LogP contribution in [0.15, 0.2) is 85.1 Å². The summed E-state index contributed by atoms with van der Waals surface area (Å²) in [7, 11) is 0. The Labute approximate surface area is 407 Å². The van der Waals surface area contributed by atoms with Crippen LogP contribution in [0.25, 0.3) is 0 Å². The van der Waals surface area contributed by atoms with Crippen molar-refractivity contribution in [2.75, 3.05) is 13.2 Å². The van der Waals surface area contributed by atoms with Crippen LogP contribution in [-0.4, -0.2) is 37.2 Å². The smallest absolute Gasteiger partial charge is 0.306 e. The molecule has 0 aromatic heterocycles. The van der Waals surface area contributed by atoms with E-state index in [1.54, 1.807) is 0 Å². The Balaban J connectivity index is 4.45. The fraction of sp³-hybridized carbons (Fsp3) is 0.717. The minimum Gasteiger partial charge on any atom is -0.462 e. The third-order valence-electron chi connectivity index (χ3n) is 11.6. The lowest BCUT2D eigenvalue weighted by Crippen LogP contribution is -2.30. The second-order valence-electron chi connectivity index (χ2n) is 18.1. The van der Waals surface area contributed by atoms with Crippen LogP contribution in [0.3, 0.4) is 0 Å². The van der Waals surface area contributed by atoms with Crippen LogP contribution >= 0.6 is 0 Å². The molecule has 0 saturated carbocycles. The van der Waals surface area contributed by atoms with Crippen molar-refractivity contribution in [2.24, 2.45) is 0 Å². The molecule has 0 aliphatic carbocycles. The van der Waals surface area contributed by atoms with Crippen molar-refractivity contribution in [1.82, 2.24) is 0 Å². The zero-order chi connectivity index (χ0) is 47.9. The molecular weight excluding hydrogens is 817 g/mol. The number of rotatable bonds is 49. The largest absolute Gasteiger partial charge is 0.462 e. The highest BCUT2D eigenvalue weighted by molar-refractivity contribution is 5.71. The van der Waals surface area contributed by atoms with E-state index in [9.17, 15) is 14.4 Å². The van der Waals surface area contributed by atoms with Crippen molar-refractivity contribution in [3.8, 4) is 0 Å². The Bertz CT molecular complexity index is 1290. The van der Waals surface area contributed by atoms with E-state index in [2.05, 4.69) is 106 Å². The Morgan fingerprint density at radius 1 is 0.318 bits per heavy atom. The summed E-state index contributed by atoms with van der Waals surface area (Å²) >= 11 is 0. The lowest BCUT2D eigenvalue weighted by Gasteiger charge is -2.18. The molecule has 0 heterocycles. The van der Waals surface area contributed by atoms with Gasteiger partial charge in [-0.05, 0) is 89.9 Å². The zero-order valence-electron chi connectivity index (χ0n) is 43.2. The standard InChI is InChI=1S/C60H102O6/c1-4-7-10-13-16-19-22-25-28-29-30-31-33-35-38-41-44-47-50-53-59(62)65-56-57(55-64-58(61)52-49-46-43-40-37-34-27-24-21-18-15-12-9-6-3)66-60(63)54-51-48-45-42-39-36-32-26-23-20-17-14-11-8-5-2/h7,10,15-16,18-19,24-25,27-28,30-31,35,38,57H,4-6,8-9,11-14,17,20-23,26,29,32-34,36-37,39-56H2,1-3H3/b10-7-,18-15-,19-16-,27-24-,28-25-,31-30-,38-35-/t57-/m1/s1. The van der Waals surface area contributed by atoms with Crippen LogP contribution in [0.2, 0.25) is 0 Å². The second kappa shape index (κ2) is 54.2. The second-order valence-corrected chi connectivity index (χ2v) is 18.1. The monoisotopic (exact) mass is 919 g/mol. The summed E-state index contributed by atoms with van der Waals surface area (Å²) in [6.45, 7) is 6.45. The van der Waals surface area contributed by atoms with Gasteiger partial charge in [0.05, 0.1) is 0 Å². The third kappa shape index (κ3) is 51.6. The maximum atomic E-state index is 12.8. The first kappa shape index (κ1) is 62.6. The summed E-state index contributed by atoms with van der Waals surface area (Å²) in [5, 5.41) is 0. The predicted octanol–water partition coefficient (Wildman–Crippen LogP) is 18.4. The first-order chi connectivity index (χ1) is 32.5. The molecule has 0 radical (unpaired) electrons. The zero-order valence-corrected chi connectivity index (χ0v) is 43.2. The lowest BCUT2D eigenvalue weighted by atomic mass is 10.0. The van der Waals surface area contributed by atoms with Gasteiger partial charge in [0.15, 0.2) is 6.10 Å². The fourth-order valence-electron chi connectivity index (χ4n) is 7.49. The van der Waals surface area contributed by atoms with Crippen LogP contribution in [0, 0.1) is 0 Å². The normalized spacial score (nSPS) is 12.7. The lowest BCUT2D eigenvalue weighted by molar-refractivity contribution is -0.167. The van der Waals surface area contributed by atoms with Gasteiger partial charge in [0, 0.05) is 19.3 Å². The van der Waals surface area contributed by atoms with Crippen LogP contribution in [0.5, 0.6) is 0 Å². The third-order valence-corrected chi connectivity index (χ3v) is 11.6. The highest BCUT2D eigenvalue weighted by Crippen LogP contribution is 2.15. The minimum absolute atomic E-state index is 0.0932. The van der Waals surface area contributed by atoms with Gasteiger partial charge in [-0.1, -0.05) is 234 Å². The molecule has 0 aliphatic heterocycles. The number of allylic oxidation sites excluding steroid dienone is 14. The van der Waals surface area contributed by atoms with Crippen LogP contribution in [0.1, 0.15) is 258 Å². The summed E-state index contributed by atoms with van der Waals surface area (Å²) in [6, 6.07) is 0. The van der Waals surface area contributed by atoms with E-state index in [4.69, 9.17) is 14.2 Å². The predicted molar refractivity (Wildman–Crippen MR) is 284 cm³/mol. The van der Waals surface area contributed by atoms with Crippen LogP contribution in [-0.2, 0) is 28.6 Å². The molecule has 378 valence electrons. The Morgan fingerprint density at radius 2 is 0.606 bits per heavy atom.